The number of nitrogens with zero attached hydrogens (tertiary/aromatic N) is 4. The highest BCUT2D eigenvalue weighted by molar-refractivity contribution is 5.69. The van der Waals surface area contributed by atoms with Gasteiger partial charge in [0.25, 0.3) is 0 Å². The minimum Gasteiger partial charge on any atom is -0.497 e. The van der Waals surface area contributed by atoms with Crippen LogP contribution in [0.3, 0.4) is 0 Å². The molecule has 0 radical (unpaired) electrons. The molecule has 0 amide bonds. The number of aromatic nitrogens is 2. The largest absolute Gasteiger partial charge is 0.497 e. The molecular formula is C33H40N4O4. The van der Waals surface area contributed by atoms with E-state index in [1.54, 1.807) is 13.2 Å². The second kappa shape index (κ2) is 14.5. The second-order valence-electron chi connectivity index (χ2n) is 10.1. The van der Waals surface area contributed by atoms with Crippen molar-refractivity contribution in [3.05, 3.63) is 94.2 Å². The Kier molecular flexibility index (Phi) is 10.5. The van der Waals surface area contributed by atoms with E-state index in [0.717, 1.165) is 72.9 Å². The molecule has 0 aliphatic rings. The summed E-state index contributed by atoms with van der Waals surface area (Å²) in [4.78, 5) is 19.3. The highest BCUT2D eigenvalue weighted by atomic mass is 16.6. The Labute approximate surface area is 242 Å². The number of imidazole rings is 1. The van der Waals surface area contributed by atoms with Gasteiger partial charge < -0.3 is 14.0 Å². The molecule has 8 nitrogen and oxygen atoms in total. The van der Waals surface area contributed by atoms with Crippen LogP contribution in [0, 0.1) is 10.1 Å². The maximum absolute atomic E-state index is 12.1. The Morgan fingerprint density at radius 2 is 1.59 bits per heavy atom. The number of hydrogen-bond acceptors (Lipinski definition) is 6. The Hall–Kier alpha value is -4.17. The minimum absolute atomic E-state index is 0.0244. The molecule has 0 aliphatic heterocycles. The number of unbranched alkanes of at least 4 members (excludes halogenated alkanes) is 2. The Morgan fingerprint density at radius 3 is 2.22 bits per heavy atom. The minimum atomic E-state index is -0.339. The normalized spacial score (nSPS) is 11.1. The van der Waals surface area contributed by atoms with Gasteiger partial charge in [0.2, 0.25) is 0 Å². The molecule has 0 fully saturated rings. The van der Waals surface area contributed by atoms with Gasteiger partial charge in [0.15, 0.2) is 5.75 Å². The average molecular weight is 557 g/mol. The van der Waals surface area contributed by atoms with Crippen LogP contribution in [-0.2, 0) is 19.6 Å². The first kappa shape index (κ1) is 29.8. The highest BCUT2D eigenvalue weighted by Crippen LogP contribution is 2.34. The van der Waals surface area contributed by atoms with Crippen LogP contribution in [0.2, 0.25) is 0 Å². The molecule has 0 atom stereocenters. The van der Waals surface area contributed by atoms with Crippen LogP contribution < -0.4 is 9.47 Å². The van der Waals surface area contributed by atoms with E-state index in [9.17, 15) is 10.1 Å². The number of hydrogen-bond donors (Lipinski definition) is 0. The highest BCUT2D eigenvalue weighted by Gasteiger charge is 2.25. The first-order valence-electron chi connectivity index (χ1n) is 14.3. The number of nitro groups is 1. The summed E-state index contributed by atoms with van der Waals surface area (Å²) >= 11 is 0. The van der Waals surface area contributed by atoms with Crippen molar-refractivity contribution in [1.29, 1.82) is 0 Å². The Balaban J connectivity index is 1.84. The van der Waals surface area contributed by atoms with Crippen LogP contribution >= 0.6 is 0 Å². The van der Waals surface area contributed by atoms with E-state index in [4.69, 9.17) is 14.5 Å². The smallest absolute Gasteiger partial charge is 0.315 e. The Morgan fingerprint density at radius 1 is 0.854 bits per heavy atom. The van der Waals surface area contributed by atoms with Gasteiger partial charge in [0.05, 0.1) is 30.5 Å². The van der Waals surface area contributed by atoms with E-state index >= 15 is 0 Å². The molecule has 216 valence electrons. The summed E-state index contributed by atoms with van der Waals surface area (Å²) in [6, 6.07) is 23.6. The SMILES string of the molecule is CCCCN(Cc1cccc(OC)c1[N+](=O)[O-])Cc1c(-c2ccc(OC)cc2)nc(-c2ccccc2)n1CCCC. The average Bonchev–Trinajstić information content (AvgIpc) is 3.36. The number of ether oxygens (including phenoxy) is 2. The zero-order chi connectivity index (χ0) is 29.2. The fourth-order valence-electron chi connectivity index (χ4n) is 5.11. The first-order chi connectivity index (χ1) is 20.0. The standard InChI is InChI=1S/C33H40N4O4/c1-5-7-21-35(23-27-15-12-16-30(41-4)32(27)37(38)39)24-29-31(25-17-19-28(40-3)20-18-25)34-33(36(29)22-8-6-2)26-13-10-9-11-14-26/h9-20H,5-8,21-24H2,1-4H3. The fraction of sp³-hybridized carbons (Fsp3) is 0.364. The quantitative estimate of drug-likeness (QED) is 0.110. The number of rotatable bonds is 15. The van der Waals surface area contributed by atoms with Crippen molar-refractivity contribution < 1.29 is 14.4 Å². The third kappa shape index (κ3) is 7.13. The van der Waals surface area contributed by atoms with Crippen molar-refractivity contribution in [2.45, 2.75) is 59.2 Å². The van der Waals surface area contributed by atoms with E-state index in [1.165, 1.54) is 7.11 Å². The molecule has 3 aromatic carbocycles. The van der Waals surface area contributed by atoms with Gasteiger partial charge in [-0.15, -0.1) is 0 Å². The Bertz CT molecular complexity index is 1420. The van der Waals surface area contributed by atoms with Gasteiger partial charge in [-0.1, -0.05) is 69.2 Å². The molecule has 0 spiro atoms. The van der Waals surface area contributed by atoms with Gasteiger partial charge in [0.1, 0.15) is 11.6 Å². The zero-order valence-electron chi connectivity index (χ0n) is 24.5. The third-order valence-corrected chi connectivity index (χ3v) is 7.28. The van der Waals surface area contributed by atoms with E-state index < -0.39 is 0 Å². The maximum Gasteiger partial charge on any atom is 0.315 e. The first-order valence-corrected chi connectivity index (χ1v) is 14.3. The van der Waals surface area contributed by atoms with Crippen LogP contribution in [-0.4, -0.2) is 40.1 Å². The molecule has 4 rings (SSSR count). The van der Waals surface area contributed by atoms with Crippen molar-refractivity contribution in [1.82, 2.24) is 14.5 Å². The summed E-state index contributed by atoms with van der Waals surface area (Å²) in [5.41, 5.74) is 4.76. The fourth-order valence-corrected chi connectivity index (χ4v) is 5.11. The molecule has 0 bridgehead atoms. The molecule has 0 aliphatic carbocycles. The molecule has 4 aromatic rings. The third-order valence-electron chi connectivity index (χ3n) is 7.28. The van der Waals surface area contributed by atoms with Crippen molar-refractivity contribution in [2.24, 2.45) is 0 Å². The summed E-state index contributed by atoms with van der Waals surface area (Å²) in [6.45, 7) is 7.01. The number of para-hydroxylation sites is 1. The van der Waals surface area contributed by atoms with Crippen LogP contribution in [0.4, 0.5) is 5.69 Å². The molecule has 1 aromatic heterocycles. The van der Waals surface area contributed by atoms with Crippen LogP contribution in [0.25, 0.3) is 22.6 Å². The number of nitro benzene ring substituents is 1. The van der Waals surface area contributed by atoms with Crippen molar-refractivity contribution in [2.75, 3.05) is 20.8 Å². The van der Waals surface area contributed by atoms with Gasteiger partial charge in [-0.3, -0.25) is 15.0 Å². The monoisotopic (exact) mass is 556 g/mol. The molecule has 0 N–H and O–H groups in total. The van der Waals surface area contributed by atoms with Crippen LogP contribution in [0.5, 0.6) is 11.5 Å². The number of methoxy groups -OCH3 is 2. The van der Waals surface area contributed by atoms with Gasteiger partial charge in [0, 0.05) is 36.3 Å². The lowest BCUT2D eigenvalue weighted by Gasteiger charge is -2.24. The molecule has 0 saturated heterocycles. The lowest BCUT2D eigenvalue weighted by atomic mass is 10.1. The number of benzene rings is 3. The van der Waals surface area contributed by atoms with Crippen molar-refractivity contribution >= 4 is 5.69 Å². The van der Waals surface area contributed by atoms with Crippen molar-refractivity contribution in [3.8, 4) is 34.1 Å². The molecule has 1 heterocycles. The summed E-state index contributed by atoms with van der Waals surface area (Å²) in [6.07, 6.45) is 4.07. The second-order valence-corrected chi connectivity index (χ2v) is 10.1. The van der Waals surface area contributed by atoms with Gasteiger partial charge in [-0.25, -0.2) is 4.98 Å². The molecule has 8 heteroatoms. The molecule has 0 saturated carbocycles. The lowest BCUT2D eigenvalue weighted by molar-refractivity contribution is -0.386. The van der Waals surface area contributed by atoms with Crippen molar-refractivity contribution in [3.63, 3.8) is 0 Å². The topological polar surface area (TPSA) is 82.7 Å². The van der Waals surface area contributed by atoms with E-state index in [-0.39, 0.29) is 16.4 Å². The van der Waals surface area contributed by atoms with Gasteiger partial charge in [-0.2, -0.15) is 0 Å². The molecule has 0 unspecified atom stereocenters. The maximum atomic E-state index is 12.1. The summed E-state index contributed by atoms with van der Waals surface area (Å²) in [5, 5.41) is 12.1. The predicted octanol–water partition coefficient (Wildman–Crippen LogP) is 7.74. The zero-order valence-corrected chi connectivity index (χ0v) is 24.5. The van der Waals surface area contributed by atoms with E-state index in [1.807, 2.05) is 54.6 Å². The molecule has 41 heavy (non-hydrogen) atoms. The predicted molar refractivity (Wildman–Crippen MR) is 163 cm³/mol. The summed E-state index contributed by atoms with van der Waals surface area (Å²) in [5.74, 6) is 2.00. The lowest BCUT2D eigenvalue weighted by Crippen LogP contribution is -2.26. The van der Waals surface area contributed by atoms with Crippen LogP contribution in [0.15, 0.2) is 72.8 Å². The van der Waals surface area contributed by atoms with Crippen LogP contribution in [0.1, 0.15) is 50.8 Å². The van der Waals surface area contributed by atoms with E-state index in [2.05, 4.69) is 35.4 Å². The van der Waals surface area contributed by atoms with Gasteiger partial charge >= 0.3 is 5.69 Å². The summed E-state index contributed by atoms with van der Waals surface area (Å²) in [7, 11) is 3.14. The molecular weight excluding hydrogens is 516 g/mol. The summed E-state index contributed by atoms with van der Waals surface area (Å²) < 4.78 is 13.1. The van der Waals surface area contributed by atoms with E-state index in [0.29, 0.717) is 18.7 Å². The van der Waals surface area contributed by atoms with Gasteiger partial charge in [-0.05, 0) is 49.7 Å².